The zero-order valence-corrected chi connectivity index (χ0v) is 14.8. The van der Waals surface area contributed by atoms with Crippen molar-refractivity contribution in [2.75, 3.05) is 20.8 Å². The summed E-state index contributed by atoms with van der Waals surface area (Å²) in [6.07, 6.45) is 0.445. The standard InChI is InChI=1S/C17H18BrNO4/c1-10-14(16(20)11-5-4-6-12(18)9-11)13(7-8-22-2)15(19-10)17(21)23-3/h4-6,9,19H,7-8H2,1-3H3. The van der Waals surface area contributed by atoms with E-state index in [0.717, 1.165) is 4.47 Å². The van der Waals surface area contributed by atoms with Crippen molar-refractivity contribution in [3.05, 3.63) is 56.8 Å². The fourth-order valence-electron chi connectivity index (χ4n) is 2.49. The minimum Gasteiger partial charge on any atom is -0.464 e. The first kappa shape index (κ1) is 17.4. The number of aromatic amines is 1. The lowest BCUT2D eigenvalue weighted by molar-refractivity contribution is 0.0593. The lowest BCUT2D eigenvalue weighted by atomic mass is 9.97. The molecule has 5 nitrogen and oxygen atoms in total. The van der Waals surface area contributed by atoms with Gasteiger partial charge in [-0.3, -0.25) is 4.79 Å². The van der Waals surface area contributed by atoms with E-state index in [9.17, 15) is 9.59 Å². The normalized spacial score (nSPS) is 10.6. The van der Waals surface area contributed by atoms with Gasteiger partial charge in [0.2, 0.25) is 0 Å². The number of H-pyrrole nitrogens is 1. The number of hydrogen-bond acceptors (Lipinski definition) is 4. The van der Waals surface area contributed by atoms with E-state index < -0.39 is 5.97 Å². The molecule has 0 atom stereocenters. The Hall–Kier alpha value is -1.92. The largest absolute Gasteiger partial charge is 0.464 e. The van der Waals surface area contributed by atoms with Crippen LogP contribution in [0.4, 0.5) is 0 Å². The predicted molar refractivity (Wildman–Crippen MR) is 90.0 cm³/mol. The van der Waals surface area contributed by atoms with Crippen molar-refractivity contribution in [1.29, 1.82) is 0 Å². The van der Waals surface area contributed by atoms with E-state index in [4.69, 9.17) is 9.47 Å². The van der Waals surface area contributed by atoms with Crippen LogP contribution in [0.25, 0.3) is 0 Å². The molecule has 0 saturated heterocycles. The number of ketones is 1. The van der Waals surface area contributed by atoms with Gasteiger partial charge in [-0.2, -0.15) is 0 Å². The average molecular weight is 380 g/mol. The monoisotopic (exact) mass is 379 g/mol. The molecule has 1 aromatic carbocycles. The molecule has 23 heavy (non-hydrogen) atoms. The molecule has 1 heterocycles. The van der Waals surface area contributed by atoms with Crippen molar-refractivity contribution in [2.24, 2.45) is 0 Å². The Morgan fingerprint density at radius 3 is 2.61 bits per heavy atom. The molecule has 0 aliphatic heterocycles. The maximum Gasteiger partial charge on any atom is 0.354 e. The maximum atomic E-state index is 12.9. The molecule has 0 aliphatic carbocycles. The van der Waals surface area contributed by atoms with Crippen LogP contribution in [-0.2, 0) is 15.9 Å². The Kier molecular flexibility index (Phi) is 5.74. The third kappa shape index (κ3) is 3.71. The topological polar surface area (TPSA) is 68.4 Å². The number of methoxy groups -OCH3 is 2. The highest BCUT2D eigenvalue weighted by Gasteiger charge is 2.25. The molecule has 0 aliphatic rings. The van der Waals surface area contributed by atoms with Crippen molar-refractivity contribution in [1.82, 2.24) is 4.98 Å². The summed E-state index contributed by atoms with van der Waals surface area (Å²) in [7, 11) is 2.89. The summed E-state index contributed by atoms with van der Waals surface area (Å²) in [5.74, 6) is -0.631. The van der Waals surface area contributed by atoms with Gasteiger partial charge in [0.05, 0.1) is 13.7 Å². The van der Waals surface area contributed by atoms with E-state index in [0.29, 0.717) is 41.1 Å². The highest BCUT2D eigenvalue weighted by atomic mass is 79.9. The molecule has 6 heteroatoms. The molecular weight excluding hydrogens is 362 g/mol. The number of rotatable bonds is 6. The third-order valence-corrected chi connectivity index (χ3v) is 4.04. The molecule has 122 valence electrons. The van der Waals surface area contributed by atoms with Gasteiger partial charge in [-0.25, -0.2) is 4.79 Å². The Morgan fingerprint density at radius 1 is 1.26 bits per heavy atom. The second-order valence-corrected chi connectivity index (χ2v) is 5.97. The molecule has 0 bridgehead atoms. The van der Waals surface area contributed by atoms with Crippen LogP contribution >= 0.6 is 15.9 Å². The zero-order chi connectivity index (χ0) is 17.0. The van der Waals surface area contributed by atoms with Crippen molar-refractivity contribution in [2.45, 2.75) is 13.3 Å². The van der Waals surface area contributed by atoms with Gasteiger partial charge in [-0.1, -0.05) is 28.1 Å². The van der Waals surface area contributed by atoms with E-state index in [2.05, 4.69) is 20.9 Å². The zero-order valence-electron chi connectivity index (χ0n) is 13.2. The summed E-state index contributed by atoms with van der Waals surface area (Å²) in [6.45, 7) is 2.17. The molecule has 0 radical (unpaired) electrons. The second-order valence-electron chi connectivity index (χ2n) is 5.05. The second kappa shape index (κ2) is 7.57. The highest BCUT2D eigenvalue weighted by Crippen LogP contribution is 2.25. The highest BCUT2D eigenvalue weighted by molar-refractivity contribution is 9.10. The number of carbonyl (C=O) groups is 2. The fraction of sp³-hybridized carbons (Fsp3) is 0.294. The number of aromatic nitrogens is 1. The molecule has 1 aromatic heterocycles. The van der Waals surface area contributed by atoms with Crippen LogP contribution in [0, 0.1) is 6.92 Å². The van der Waals surface area contributed by atoms with E-state index in [1.165, 1.54) is 7.11 Å². The van der Waals surface area contributed by atoms with Crippen LogP contribution in [0.15, 0.2) is 28.7 Å². The van der Waals surface area contributed by atoms with Gasteiger partial charge in [0, 0.05) is 28.4 Å². The van der Waals surface area contributed by atoms with E-state index in [1.54, 1.807) is 32.2 Å². The number of carbonyl (C=O) groups excluding carboxylic acids is 2. The Bertz CT molecular complexity index is 736. The minimum atomic E-state index is -0.493. The molecule has 2 rings (SSSR count). The lowest BCUT2D eigenvalue weighted by Gasteiger charge is -2.07. The fourth-order valence-corrected chi connectivity index (χ4v) is 2.89. The van der Waals surface area contributed by atoms with E-state index in [-0.39, 0.29) is 5.78 Å². The van der Waals surface area contributed by atoms with Gasteiger partial charge < -0.3 is 14.5 Å². The summed E-state index contributed by atoms with van der Waals surface area (Å²) >= 11 is 3.37. The van der Waals surface area contributed by atoms with Crippen LogP contribution < -0.4 is 0 Å². The van der Waals surface area contributed by atoms with Crippen molar-refractivity contribution >= 4 is 27.7 Å². The number of nitrogens with one attached hydrogen (secondary N) is 1. The number of benzene rings is 1. The quantitative estimate of drug-likeness (QED) is 0.617. The summed E-state index contributed by atoms with van der Waals surface area (Å²) in [5, 5.41) is 0. The van der Waals surface area contributed by atoms with Crippen LogP contribution in [0.2, 0.25) is 0 Å². The van der Waals surface area contributed by atoms with Gasteiger partial charge in [0.1, 0.15) is 5.69 Å². The summed E-state index contributed by atoms with van der Waals surface area (Å²) in [5.41, 5.74) is 2.63. The molecule has 1 N–H and O–H groups in total. The van der Waals surface area contributed by atoms with E-state index >= 15 is 0 Å². The molecular formula is C17H18BrNO4. The van der Waals surface area contributed by atoms with Gasteiger partial charge in [-0.15, -0.1) is 0 Å². The number of esters is 1. The SMILES string of the molecule is COCCc1c(C(=O)OC)[nH]c(C)c1C(=O)c1cccc(Br)c1. The summed E-state index contributed by atoms with van der Waals surface area (Å²) in [4.78, 5) is 27.8. The smallest absolute Gasteiger partial charge is 0.354 e. The Morgan fingerprint density at radius 2 is 2.00 bits per heavy atom. The lowest BCUT2D eigenvalue weighted by Crippen LogP contribution is -2.11. The first-order valence-electron chi connectivity index (χ1n) is 7.08. The summed E-state index contributed by atoms with van der Waals surface area (Å²) < 4.78 is 10.7. The molecule has 2 aromatic rings. The molecule has 0 spiro atoms. The maximum absolute atomic E-state index is 12.9. The van der Waals surface area contributed by atoms with Crippen LogP contribution in [-0.4, -0.2) is 37.6 Å². The van der Waals surface area contributed by atoms with E-state index in [1.807, 2.05) is 6.07 Å². The van der Waals surface area contributed by atoms with Gasteiger partial charge in [0.25, 0.3) is 0 Å². The number of halogens is 1. The number of hydrogen-bond donors (Lipinski definition) is 1. The summed E-state index contributed by atoms with van der Waals surface area (Å²) in [6, 6.07) is 7.16. The first-order chi connectivity index (χ1) is 11.0. The van der Waals surface area contributed by atoms with Crippen LogP contribution in [0.5, 0.6) is 0 Å². The van der Waals surface area contributed by atoms with Crippen molar-refractivity contribution < 1.29 is 19.1 Å². The predicted octanol–water partition coefficient (Wildman–Crippen LogP) is 3.29. The van der Waals surface area contributed by atoms with Crippen LogP contribution in [0.3, 0.4) is 0 Å². The van der Waals surface area contributed by atoms with Crippen LogP contribution in [0.1, 0.15) is 37.7 Å². The molecule has 0 fully saturated rings. The average Bonchev–Trinajstić information content (AvgIpc) is 2.87. The Labute approximate surface area is 143 Å². The molecule has 0 saturated carbocycles. The van der Waals surface area contributed by atoms with Gasteiger partial charge >= 0.3 is 5.97 Å². The van der Waals surface area contributed by atoms with Gasteiger partial charge in [-0.05, 0) is 31.0 Å². The first-order valence-corrected chi connectivity index (χ1v) is 7.87. The third-order valence-electron chi connectivity index (χ3n) is 3.55. The molecule has 0 amide bonds. The Balaban J connectivity index is 2.53. The van der Waals surface area contributed by atoms with Crippen molar-refractivity contribution in [3.8, 4) is 0 Å². The molecule has 0 unspecified atom stereocenters. The van der Waals surface area contributed by atoms with Crippen molar-refractivity contribution in [3.63, 3.8) is 0 Å². The minimum absolute atomic E-state index is 0.138. The number of aryl methyl sites for hydroxylation is 1. The number of ether oxygens (including phenoxy) is 2. The van der Waals surface area contributed by atoms with Gasteiger partial charge in [0.15, 0.2) is 5.78 Å².